The third-order valence-electron chi connectivity index (χ3n) is 6.02. The second-order valence-corrected chi connectivity index (χ2v) is 11.2. The number of anilines is 2. The van der Waals surface area contributed by atoms with E-state index in [1.54, 1.807) is 12.1 Å². The number of hydrazone groups is 1. The largest absolute Gasteiger partial charge is 0.374 e. The standard InChI is InChI=1S/C26H19Cl2N5O3S2/c27-17-12-19-23(31-33(26(29)37)21-10-3-4-11-22(21)38(30,35)36)25(34)32(24(19)20(28)13-17)14-16-8-5-7-15-6-1-2-9-18(15)16/h1-13H,14H2,(H2,29,37)(H2,30,35,36)/b31-23-. The topological polar surface area (TPSA) is 122 Å². The molecule has 4 aromatic carbocycles. The van der Waals surface area contributed by atoms with Crippen molar-refractivity contribution in [3.8, 4) is 0 Å². The quantitative estimate of drug-likeness (QED) is 0.257. The molecule has 0 aromatic heterocycles. The number of hydrogen-bond donors (Lipinski definition) is 2. The Labute approximate surface area is 234 Å². The van der Waals surface area contributed by atoms with Gasteiger partial charge in [-0.2, -0.15) is 5.10 Å². The van der Waals surface area contributed by atoms with Crippen LogP contribution >= 0.6 is 35.4 Å². The fourth-order valence-corrected chi connectivity index (χ4v) is 5.86. The number of amides is 1. The predicted octanol–water partition coefficient (Wildman–Crippen LogP) is 4.80. The van der Waals surface area contributed by atoms with E-state index in [1.807, 2.05) is 42.5 Å². The van der Waals surface area contributed by atoms with Gasteiger partial charge in [0, 0.05) is 10.6 Å². The molecule has 0 bridgehead atoms. The van der Waals surface area contributed by atoms with E-state index in [2.05, 4.69) is 5.10 Å². The van der Waals surface area contributed by atoms with Crippen LogP contribution in [0.1, 0.15) is 11.1 Å². The Bertz CT molecular complexity index is 1770. The summed E-state index contributed by atoms with van der Waals surface area (Å²) >= 11 is 18.1. The fraction of sp³-hybridized carbons (Fsp3) is 0.0385. The summed E-state index contributed by atoms with van der Waals surface area (Å²) in [5.41, 5.74) is 7.52. The minimum absolute atomic E-state index is 0.00928. The molecule has 1 aliphatic rings. The maximum Gasteiger partial charge on any atom is 0.279 e. The van der Waals surface area contributed by atoms with Crippen molar-refractivity contribution in [3.05, 3.63) is 100 Å². The van der Waals surface area contributed by atoms with Gasteiger partial charge in [0.25, 0.3) is 5.91 Å². The Kier molecular flexibility index (Phi) is 6.84. The lowest BCUT2D eigenvalue weighted by Crippen LogP contribution is -2.36. The molecule has 38 heavy (non-hydrogen) atoms. The Morgan fingerprint density at radius 3 is 2.42 bits per heavy atom. The third-order valence-corrected chi connectivity index (χ3v) is 7.66. The molecular weight excluding hydrogens is 565 g/mol. The van der Waals surface area contributed by atoms with Crippen molar-refractivity contribution < 1.29 is 13.2 Å². The van der Waals surface area contributed by atoms with Gasteiger partial charge in [0.15, 0.2) is 10.8 Å². The average molecular weight is 585 g/mol. The zero-order chi connectivity index (χ0) is 27.2. The number of thiocarbonyl (C=S) groups is 1. The Morgan fingerprint density at radius 1 is 1.00 bits per heavy atom. The molecular formula is C26H19Cl2N5O3S2. The van der Waals surface area contributed by atoms with E-state index in [4.69, 9.17) is 46.3 Å². The van der Waals surface area contributed by atoms with E-state index in [1.165, 1.54) is 29.2 Å². The molecule has 5 rings (SSSR count). The number of rotatable bonds is 5. The molecule has 0 aliphatic carbocycles. The molecule has 1 aliphatic heterocycles. The van der Waals surface area contributed by atoms with Crippen LogP contribution in [-0.4, -0.2) is 25.1 Å². The van der Waals surface area contributed by atoms with Crippen molar-refractivity contribution in [2.45, 2.75) is 11.4 Å². The summed E-state index contributed by atoms with van der Waals surface area (Å²) < 4.78 is 24.5. The van der Waals surface area contributed by atoms with Crippen LogP contribution in [0.2, 0.25) is 10.0 Å². The van der Waals surface area contributed by atoms with Crippen LogP contribution in [0, 0.1) is 0 Å². The van der Waals surface area contributed by atoms with Gasteiger partial charge in [-0.05, 0) is 52.8 Å². The fourth-order valence-electron chi connectivity index (χ4n) is 4.41. The SMILES string of the molecule is NC(=S)N(/N=C1\C(=O)N(Cc2cccc3ccccc23)c2c(Cl)cc(Cl)cc21)c1ccccc1S(N)(=O)=O. The van der Waals surface area contributed by atoms with Crippen LogP contribution < -0.4 is 20.8 Å². The van der Waals surface area contributed by atoms with Crippen LogP contribution in [0.3, 0.4) is 0 Å². The molecule has 4 aromatic rings. The van der Waals surface area contributed by atoms with Gasteiger partial charge in [-0.3, -0.25) is 4.79 Å². The predicted molar refractivity (Wildman–Crippen MR) is 155 cm³/mol. The van der Waals surface area contributed by atoms with Crippen molar-refractivity contribution in [3.63, 3.8) is 0 Å². The molecule has 8 nitrogen and oxygen atoms in total. The summed E-state index contributed by atoms with van der Waals surface area (Å²) in [5, 5.41) is 13.1. The zero-order valence-corrected chi connectivity index (χ0v) is 22.7. The van der Waals surface area contributed by atoms with Crippen LogP contribution in [0.5, 0.6) is 0 Å². The number of primary sulfonamides is 1. The normalized spacial score (nSPS) is 14.2. The molecule has 0 fully saturated rings. The summed E-state index contributed by atoms with van der Waals surface area (Å²) in [6.07, 6.45) is 0. The molecule has 1 amide bonds. The molecule has 0 atom stereocenters. The van der Waals surface area contributed by atoms with Gasteiger partial charge in [0.1, 0.15) is 4.90 Å². The first-order valence-corrected chi connectivity index (χ1v) is 13.8. The smallest absolute Gasteiger partial charge is 0.279 e. The summed E-state index contributed by atoms with van der Waals surface area (Å²) in [6, 6.07) is 22.5. The number of nitrogens with zero attached hydrogens (tertiary/aromatic N) is 3. The molecule has 1 heterocycles. The summed E-state index contributed by atoms with van der Waals surface area (Å²) in [4.78, 5) is 15.1. The number of nitrogens with two attached hydrogens (primary N) is 2. The van der Waals surface area contributed by atoms with Gasteiger partial charge >= 0.3 is 0 Å². The van der Waals surface area contributed by atoms with E-state index in [9.17, 15) is 13.2 Å². The average Bonchev–Trinajstić information content (AvgIpc) is 3.12. The first kappa shape index (κ1) is 26.1. The van der Waals surface area contributed by atoms with E-state index in [-0.39, 0.29) is 38.0 Å². The molecule has 192 valence electrons. The summed E-state index contributed by atoms with van der Waals surface area (Å²) in [5.74, 6) is -0.494. The molecule has 0 spiro atoms. The van der Waals surface area contributed by atoms with Crippen LogP contribution in [0.15, 0.2) is 88.9 Å². The van der Waals surface area contributed by atoms with Crippen molar-refractivity contribution in [1.82, 2.24) is 0 Å². The molecule has 12 heteroatoms. The van der Waals surface area contributed by atoms with E-state index in [0.717, 1.165) is 21.3 Å². The zero-order valence-electron chi connectivity index (χ0n) is 19.5. The highest BCUT2D eigenvalue weighted by molar-refractivity contribution is 7.89. The van der Waals surface area contributed by atoms with E-state index in [0.29, 0.717) is 11.3 Å². The van der Waals surface area contributed by atoms with Crippen LogP contribution in [0.4, 0.5) is 11.4 Å². The molecule has 0 saturated carbocycles. The molecule has 0 radical (unpaired) electrons. The number of carbonyl (C=O) groups is 1. The van der Waals surface area contributed by atoms with Crippen molar-refractivity contribution in [1.29, 1.82) is 0 Å². The lowest BCUT2D eigenvalue weighted by Gasteiger charge is -2.21. The summed E-state index contributed by atoms with van der Waals surface area (Å²) in [6.45, 7) is 0.189. The maximum atomic E-state index is 13.9. The number of sulfonamides is 1. The highest BCUT2D eigenvalue weighted by Gasteiger charge is 2.38. The third kappa shape index (κ3) is 4.72. The van der Waals surface area contributed by atoms with Gasteiger partial charge < -0.3 is 10.6 Å². The van der Waals surface area contributed by atoms with Crippen LogP contribution in [-0.2, 0) is 21.4 Å². The van der Waals surface area contributed by atoms with Crippen molar-refractivity contribution in [2.24, 2.45) is 16.0 Å². The number of hydrogen-bond acceptors (Lipinski definition) is 5. The second-order valence-electron chi connectivity index (χ2n) is 8.42. The highest BCUT2D eigenvalue weighted by Crippen LogP contribution is 2.40. The number of halogens is 2. The number of benzene rings is 4. The van der Waals surface area contributed by atoms with Crippen molar-refractivity contribution in [2.75, 3.05) is 9.91 Å². The van der Waals surface area contributed by atoms with Gasteiger partial charge in [-0.15, -0.1) is 0 Å². The van der Waals surface area contributed by atoms with Crippen LogP contribution in [0.25, 0.3) is 10.8 Å². The van der Waals surface area contributed by atoms with Gasteiger partial charge in [0.2, 0.25) is 10.0 Å². The monoisotopic (exact) mass is 583 g/mol. The lowest BCUT2D eigenvalue weighted by molar-refractivity contribution is -0.112. The molecule has 0 saturated heterocycles. The first-order valence-electron chi connectivity index (χ1n) is 11.1. The second kappa shape index (κ2) is 9.97. The van der Waals surface area contributed by atoms with Crippen molar-refractivity contribution >= 4 is 84.3 Å². The van der Waals surface area contributed by atoms with Gasteiger partial charge in [-0.25, -0.2) is 18.6 Å². The first-order chi connectivity index (χ1) is 18.1. The Balaban J connectivity index is 1.67. The molecule has 0 unspecified atom stereocenters. The van der Waals surface area contributed by atoms with Gasteiger partial charge in [0.05, 0.1) is 22.9 Å². The molecule has 4 N–H and O–H groups in total. The highest BCUT2D eigenvalue weighted by atomic mass is 35.5. The number of fused-ring (bicyclic) bond motifs is 2. The number of para-hydroxylation sites is 1. The minimum Gasteiger partial charge on any atom is -0.374 e. The van der Waals surface area contributed by atoms with E-state index < -0.39 is 15.9 Å². The number of carbonyl (C=O) groups excluding carboxylic acids is 1. The van der Waals surface area contributed by atoms with Gasteiger partial charge in [-0.1, -0.05) is 77.8 Å². The Morgan fingerprint density at radius 2 is 1.68 bits per heavy atom. The van der Waals surface area contributed by atoms with E-state index >= 15 is 0 Å². The Hall–Kier alpha value is -3.54. The summed E-state index contributed by atoms with van der Waals surface area (Å²) in [7, 11) is -4.17. The minimum atomic E-state index is -4.17. The lowest BCUT2D eigenvalue weighted by atomic mass is 10.0. The maximum absolute atomic E-state index is 13.9.